The van der Waals surface area contributed by atoms with Crippen LogP contribution in [0, 0.1) is 29.6 Å². The minimum atomic E-state index is 0.805. The Labute approximate surface area is 131 Å². The van der Waals surface area contributed by atoms with Crippen molar-refractivity contribution in [2.24, 2.45) is 29.6 Å². The third-order valence-corrected chi connectivity index (χ3v) is 6.85. The van der Waals surface area contributed by atoms with Crippen molar-refractivity contribution in [1.82, 2.24) is 10.2 Å². The maximum Gasteiger partial charge on any atom is 0.0224 e. The fourth-order valence-corrected chi connectivity index (χ4v) is 5.60. The van der Waals surface area contributed by atoms with Gasteiger partial charge in [-0.2, -0.15) is 0 Å². The summed E-state index contributed by atoms with van der Waals surface area (Å²) in [4.78, 5) is 2.92. The number of hydrogen-bond donors (Lipinski definition) is 1. The minimum Gasteiger partial charge on any atom is -0.311 e. The molecule has 4 fully saturated rings. The lowest BCUT2D eigenvalue weighted by Crippen LogP contribution is -2.58. The average molecular weight is 290 g/mol. The zero-order valence-corrected chi connectivity index (χ0v) is 14.1. The molecule has 2 heteroatoms. The molecule has 1 aliphatic heterocycles. The molecule has 2 bridgehead atoms. The molecule has 1 heterocycles. The van der Waals surface area contributed by atoms with Gasteiger partial charge in [0.05, 0.1) is 0 Å². The smallest absolute Gasteiger partial charge is 0.0224 e. The van der Waals surface area contributed by atoms with Crippen LogP contribution < -0.4 is 5.32 Å². The first kappa shape index (κ1) is 14.5. The number of piperazine rings is 1. The van der Waals surface area contributed by atoms with Gasteiger partial charge in [-0.15, -0.1) is 0 Å². The van der Waals surface area contributed by atoms with Gasteiger partial charge in [0, 0.05) is 31.7 Å². The van der Waals surface area contributed by atoms with E-state index in [1.165, 1.54) is 38.9 Å². The molecule has 0 aromatic carbocycles. The van der Waals surface area contributed by atoms with Crippen LogP contribution in [0.5, 0.6) is 0 Å². The highest BCUT2D eigenvalue weighted by molar-refractivity contribution is 4.97. The molecule has 5 atom stereocenters. The summed E-state index contributed by atoms with van der Waals surface area (Å²) in [5.41, 5.74) is 0. The van der Waals surface area contributed by atoms with E-state index in [1.807, 2.05) is 0 Å². The Morgan fingerprint density at radius 3 is 2.48 bits per heavy atom. The Hall–Kier alpha value is -0.0800. The largest absolute Gasteiger partial charge is 0.311 e. The fraction of sp³-hybridized carbons (Fsp3) is 1.00. The van der Waals surface area contributed by atoms with Gasteiger partial charge in [0.1, 0.15) is 0 Å². The van der Waals surface area contributed by atoms with Crippen LogP contribution in [0.15, 0.2) is 0 Å². The third kappa shape index (κ3) is 3.17. The van der Waals surface area contributed by atoms with E-state index in [0.29, 0.717) is 0 Å². The first-order valence-corrected chi connectivity index (χ1v) is 9.66. The normalized spacial score (nSPS) is 43.9. The summed E-state index contributed by atoms with van der Waals surface area (Å²) >= 11 is 0. The van der Waals surface area contributed by atoms with Gasteiger partial charge in [0.25, 0.3) is 0 Å². The predicted octanol–water partition coefficient (Wildman–Crippen LogP) is 3.52. The maximum atomic E-state index is 3.88. The fourth-order valence-electron chi connectivity index (χ4n) is 5.60. The molecule has 4 rings (SSSR count). The molecule has 0 radical (unpaired) electrons. The first-order chi connectivity index (χ1) is 10.2. The lowest BCUT2D eigenvalue weighted by Gasteiger charge is -2.43. The zero-order chi connectivity index (χ0) is 14.4. The Morgan fingerprint density at radius 2 is 1.86 bits per heavy atom. The molecule has 0 aromatic heterocycles. The second kappa shape index (κ2) is 5.85. The van der Waals surface area contributed by atoms with Crippen LogP contribution in [-0.2, 0) is 0 Å². The summed E-state index contributed by atoms with van der Waals surface area (Å²) in [6, 6.07) is 1.62. The van der Waals surface area contributed by atoms with Crippen molar-refractivity contribution in [3.63, 3.8) is 0 Å². The molecule has 1 saturated heterocycles. The molecule has 120 valence electrons. The predicted molar refractivity (Wildman–Crippen MR) is 88.3 cm³/mol. The summed E-state index contributed by atoms with van der Waals surface area (Å²) in [6.07, 6.45) is 10.5. The molecule has 0 spiro atoms. The quantitative estimate of drug-likeness (QED) is 0.833. The molecule has 4 aliphatic rings. The zero-order valence-electron chi connectivity index (χ0n) is 14.1. The maximum absolute atomic E-state index is 3.88. The summed E-state index contributed by atoms with van der Waals surface area (Å²) in [5.74, 6) is 5.07. The van der Waals surface area contributed by atoms with Crippen LogP contribution in [-0.4, -0.2) is 36.6 Å². The minimum absolute atomic E-state index is 0.805. The number of hydrogen-bond acceptors (Lipinski definition) is 2. The van der Waals surface area contributed by atoms with Crippen LogP contribution in [0.1, 0.15) is 58.8 Å². The van der Waals surface area contributed by atoms with Crippen molar-refractivity contribution in [2.45, 2.75) is 70.9 Å². The van der Waals surface area contributed by atoms with Crippen molar-refractivity contribution in [3.8, 4) is 0 Å². The van der Waals surface area contributed by atoms with Gasteiger partial charge in [-0.3, -0.25) is 4.90 Å². The molecule has 3 aliphatic carbocycles. The molecule has 21 heavy (non-hydrogen) atoms. The van der Waals surface area contributed by atoms with E-state index in [0.717, 1.165) is 41.7 Å². The molecule has 5 unspecified atom stereocenters. The van der Waals surface area contributed by atoms with E-state index in [-0.39, 0.29) is 0 Å². The third-order valence-electron chi connectivity index (χ3n) is 6.85. The van der Waals surface area contributed by atoms with E-state index in [4.69, 9.17) is 0 Å². The van der Waals surface area contributed by atoms with Crippen molar-refractivity contribution in [2.75, 3.05) is 19.6 Å². The molecule has 0 amide bonds. The lowest BCUT2D eigenvalue weighted by molar-refractivity contribution is 0.0778. The Kier molecular flexibility index (Phi) is 4.04. The van der Waals surface area contributed by atoms with Gasteiger partial charge >= 0.3 is 0 Å². The number of nitrogens with one attached hydrogen (secondary N) is 1. The number of fused-ring (bicyclic) bond motifs is 2. The van der Waals surface area contributed by atoms with Gasteiger partial charge in [-0.1, -0.05) is 20.3 Å². The van der Waals surface area contributed by atoms with Gasteiger partial charge in [-0.25, -0.2) is 0 Å². The standard InChI is InChI=1S/C19H34N2/c1-13(2)7-18-10-20-19(15-5-6-15)12-21(18)11-17-9-14-3-4-16(17)8-14/h13-20H,3-12H2,1-2H3. The van der Waals surface area contributed by atoms with E-state index in [1.54, 1.807) is 25.7 Å². The highest BCUT2D eigenvalue weighted by Crippen LogP contribution is 2.48. The summed E-state index contributed by atoms with van der Waals surface area (Å²) in [5, 5.41) is 3.88. The van der Waals surface area contributed by atoms with E-state index in [9.17, 15) is 0 Å². The summed E-state index contributed by atoms with van der Waals surface area (Å²) < 4.78 is 0. The summed E-state index contributed by atoms with van der Waals surface area (Å²) in [7, 11) is 0. The van der Waals surface area contributed by atoms with E-state index in [2.05, 4.69) is 24.1 Å². The van der Waals surface area contributed by atoms with Crippen LogP contribution in [0.25, 0.3) is 0 Å². The van der Waals surface area contributed by atoms with Crippen LogP contribution in [0.4, 0.5) is 0 Å². The molecule has 3 saturated carbocycles. The van der Waals surface area contributed by atoms with Crippen LogP contribution in [0.2, 0.25) is 0 Å². The molecule has 2 nitrogen and oxygen atoms in total. The highest BCUT2D eigenvalue weighted by Gasteiger charge is 2.43. The lowest BCUT2D eigenvalue weighted by atomic mass is 9.87. The molecule has 0 aromatic rings. The summed E-state index contributed by atoms with van der Waals surface area (Å²) in [6.45, 7) is 8.80. The number of rotatable bonds is 5. The van der Waals surface area contributed by atoms with Crippen LogP contribution in [0.3, 0.4) is 0 Å². The van der Waals surface area contributed by atoms with Crippen molar-refractivity contribution >= 4 is 0 Å². The van der Waals surface area contributed by atoms with Crippen LogP contribution >= 0.6 is 0 Å². The Morgan fingerprint density at radius 1 is 1.05 bits per heavy atom. The van der Waals surface area contributed by atoms with Gasteiger partial charge in [0.2, 0.25) is 0 Å². The Bertz CT molecular complexity index is 363. The second-order valence-electron chi connectivity index (χ2n) is 9.02. The topological polar surface area (TPSA) is 15.3 Å². The van der Waals surface area contributed by atoms with Crippen molar-refractivity contribution < 1.29 is 0 Å². The van der Waals surface area contributed by atoms with Gasteiger partial charge in [0.15, 0.2) is 0 Å². The van der Waals surface area contributed by atoms with Crippen molar-refractivity contribution in [1.29, 1.82) is 0 Å². The first-order valence-electron chi connectivity index (χ1n) is 9.66. The van der Waals surface area contributed by atoms with Crippen molar-refractivity contribution in [3.05, 3.63) is 0 Å². The molecular weight excluding hydrogens is 256 g/mol. The average Bonchev–Trinajstić information content (AvgIpc) is 3.10. The van der Waals surface area contributed by atoms with Gasteiger partial charge in [-0.05, 0) is 68.1 Å². The monoisotopic (exact) mass is 290 g/mol. The highest BCUT2D eigenvalue weighted by atomic mass is 15.2. The second-order valence-corrected chi connectivity index (χ2v) is 9.02. The van der Waals surface area contributed by atoms with E-state index < -0.39 is 0 Å². The molecular formula is C19H34N2. The SMILES string of the molecule is CC(C)CC1CNC(C2CC2)CN1CC1CC2CCC1C2. The molecule has 1 N–H and O–H groups in total. The number of nitrogens with zero attached hydrogens (tertiary/aromatic N) is 1. The Balaban J connectivity index is 1.39. The van der Waals surface area contributed by atoms with E-state index >= 15 is 0 Å². The van der Waals surface area contributed by atoms with Gasteiger partial charge < -0.3 is 5.32 Å².